The zero-order valence-corrected chi connectivity index (χ0v) is 14.7. The lowest BCUT2D eigenvalue weighted by atomic mass is 10.3. The zero-order valence-electron chi connectivity index (χ0n) is 11.5. The van der Waals surface area contributed by atoms with Crippen LogP contribution < -0.4 is 10.6 Å². The van der Waals surface area contributed by atoms with Crippen LogP contribution in [-0.4, -0.2) is 22.8 Å². The van der Waals surface area contributed by atoms with Gasteiger partial charge in [-0.15, -0.1) is 22.7 Å². The van der Waals surface area contributed by atoms with Crippen LogP contribution >= 0.6 is 38.6 Å². The molecule has 0 aliphatic heterocycles. The first kappa shape index (κ1) is 16.1. The van der Waals surface area contributed by atoms with Crippen LogP contribution in [0, 0.1) is 6.92 Å². The predicted octanol–water partition coefficient (Wildman–Crippen LogP) is 2.71. The van der Waals surface area contributed by atoms with Crippen molar-refractivity contribution in [3.05, 3.63) is 36.9 Å². The molecule has 2 amide bonds. The largest absolute Gasteiger partial charge is 0.348 e. The third-order valence-electron chi connectivity index (χ3n) is 2.62. The summed E-state index contributed by atoms with van der Waals surface area (Å²) in [6.45, 7) is 3.94. The Labute approximate surface area is 138 Å². The highest BCUT2D eigenvalue weighted by Crippen LogP contribution is 2.21. The lowest BCUT2D eigenvalue weighted by molar-refractivity contribution is -0.122. The summed E-state index contributed by atoms with van der Waals surface area (Å²) >= 11 is 6.13. The van der Waals surface area contributed by atoms with Gasteiger partial charge in [-0.1, -0.05) is 0 Å². The van der Waals surface area contributed by atoms with Crippen LogP contribution in [0.5, 0.6) is 0 Å². The van der Waals surface area contributed by atoms with Crippen molar-refractivity contribution < 1.29 is 9.59 Å². The Kier molecular flexibility index (Phi) is 5.49. The minimum atomic E-state index is -0.598. The number of aryl methyl sites for hydroxylation is 1. The number of thiazole rings is 1. The summed E-state index contributed by atoms with van der Waals surface area (Å²) in [5, 5.41) is 8.22. The average molecular weight is 388 g/mol. The van der Waals surface area contributed by atoms with Gasteiger partial charge in [-0.05, 0) is 41.9 Å². The molecule has 0 radical (unpaired) electrons. The average Bonchev–Trinajstić information content (AvgIpc) is 3.04. The number of rotatable bonds is 5. The molecule has 2 aromatic rings. The van der Waals surface area contributed by atoms with E-state index in [-0.39, 0.29) is 11.8 Å². The Morgan fingerprint density at radius 2 is 2.19 bits per heavy atom. The molecule has 2 N–H and O–H groups in total. The molecule has 0 aliphatic rings. The number of hydrogen-bond acceptors (Lipinski definition) is 5. The standard InChI is InChI=1S/C13H14BrN3O2S2/c1-7-6-20-11(16-7)5-15-12(18)8(2)17-13(19)9-3-4-10(14)21-9/h3-4,6,8H,5H2,1-2H3,(H,15,18)(H,17,19). The summed E-state index contributed by atoms with van der Waals surface area (Å²) in [5.41, 5.74) is 0.939. The van der Waals surface area contributed by atoms with Crippen LogP contribution in [0.4, 0.5) is 0 Å². The van der Waals surface area contributed by atoms with E-state index in [1.807, 2.05) is 12.3 Å². The maximum atomic E-state index is 11.9. The van der Waals surface area contributed by atoms with Crippen LogP contribution in [0.25, 0.3) is 0 Å². The zero-order chi connectivity index (χ0) is 15.4. The number of aromatic nitrogens is 1. The number of amides is 2. The van der Waals surface area contributed by atoms with Crippen LogP contribution in [0.1, 0.15) is 27.3 Å². The monoisotopic (exact) mass is 387 g/mol. The molecule has 0 spiro atoms. The highest BCUT2D eigenvalue weighted by molar-refractivity contribution is 9.11. The molecule has 2 aromatic heterocycles. The van der Waals surface area contributed by atoms with Crippen molar-refractivity contribution in [2.24, 2.45) is 0 Å². The van der Waals surface area contributed by atoms with Crippen molar-refractivity contribution in [2.75, 3.05) is 0 Å². The van der Waals surface area contributed by atoms with E-state index in [1.54, 1.807) is 19.1 Å². The molecular formula is C13H14BrN3O2S2. The molecule has 21 heavy (non-hydrogen) atoms. The van der Waals surface area contributed by atoms with Gasteiger partial charge in [0.2, 0.25) is 5.91 Å². The fourth-order valence-electron chi connectivity index (χ4n) is 1.57. The number of carbonyl (C=O) groups is 2. The molecule has 0 aromatic carbocycles. The van der Waals surface area contributed by atoms with Crippen molar-refractivity contribution >= 4 is 50.4 Å². The first-order chi connectivity index (χ1) is 9.95. The first-order valence-electron chi connectivity index (χ1n) is 6.20. The van der Waals surface area contributed by atoms with Crippen molar-refractivity contribution in [2.45, 2.75) is 26.4 Å². The van der Waals surface area contributed by atoms with Gasteiger partial charge >= 0.3 is 0 Å². The molecule has 0 saturated heterocycles. The lowest BCUT2D eigenvalue weighted by Crippen LogP contribution is -2.44. The van der Waals surface area contributed by atoms with Crippen molar-refractivity contribution in [3.63, 3.8) is 0 Å². The lowest BCUT2D eigenvalue weighted by Gasteiger charge is -2.12. The van der Waals surface area contributed by atoms with Crippen molar-refractivity contribution in [3.8, 4) is 0 Å². The van der Waals surface area contributed by atoms with Crippen LogP contribution in [0.3, 0.4) is 0 Å². The minimum Gasteiger partial charge on any atom is -0.348 e. The molecule has 112 valence electrons. The van der Waals surface area contributed by atoms with E-state index >= 15 is 0 Å². The summed E-state index contributed by atoms with van der Waals surface area (Å²) in [6.07, 6.45) is 0. The van der Waals surface area contributed by atoms with E-state index in [0.29, 0.717) is 11.4 Å². The van der Waals surface area contributed by atoms with E-state index < -0.39 is 6.04 Å². The van der Waals surface area contributed by atoms with E-state index in [1.165, 1.54) is 22.7 Å². The van der Waals surface area contributed by atoms with Gasteiger partial charge in [-0.3, -0.25) is 9.59 Å². The van der Waals surface area contributed by atoms with Crippen LogP contribution in [0.2, 0.25) is 0 Å². The van der Waals surface area contributed by atoms with E-state index in [4.69, 9.17) is 0 Å². The molecule has 0 aliphatic carbocycles. The smallest absolute Gasteiger partial charge is 0.262 e. The Hall–Kier alpha value is -1.25. The number of nitrogens with zero attached hydrogens (tertiary/aromatic N) is 1. The molecule has 8 heteroatoms. The van der Waals surface area contributed by atoms with E-state index in [0.717, 1.165) is 14.5 Å². The summed E-state index contributed by atoms with van der Waals surface area (Å²) in [5.74, 6) is -0.481. The Morgan fingerprint density at radius 1 is 1.43 bits per heavy atom. The maximum absolute atomic E-state index is 11.9. The topological polar surface area (TPSA) is 71.1 Å². The highest BCUT2D eigenvalue weighted by atomic mass is 79.9. The fourth-order valence-corrected chi connectivity index (χ4v) is 3.57. The van der Waals surface area contributed by atoms with Crippen molar-refractivity contribution in [1.29, 1.82) is 0 Å². The van der Waals surface area contributed by atoms with Gasteiger partial charge in [0, 0.05) is 11.1 Å². The molecule has 0 bridgehead atoms. The summed E-state index contributed by atoms with van der Waals surface area (Å²) < 4.78 is 0.879. The molecule has 5 nitrogen and oxygen atoms in total. The van der Waals surface area contributed by atoms with Gasteiger partial charge in [0.25, 0.3) is 5.91 Å². The Morgan fingerprint density at radius 3 is 2.76 bits per heavy atom. The van der Waals surface area contributed by atoms with Gasteiger partial charge in [-0.2, -0.15) is 0 Å². The van der Waals surface area contributed by atoms with Crippen LogP contribution in [-0.2, 0) is 11.3 Å². The van der Waals surface area contributed by atoms with Crippen LogP contribution in [0.15, 0.2) is 21.3 Å². The Balaban J connectivity index is 1.83. The second kappa shape index (κ2) is 7.15. The second-order valence-corrected chi connectivity index (χ2v) is 7.81. The number of thiophene rings is 1. The van der Waals surface area contributed by atoms with E-state index in [9.17, 15) is 9.59 Å². The van der Waals surface area contributed by atoms with Gasteiger partial charge in [0.05, 0.1) is 15.2 Å². The third-order valence-corrected chi connectivity index (χ3v) is 5.21. The molecular weight excluding hydrogens is 374 g/mol. The second-order valence-electron chi connectivity index (χ2n) is 4.40. The number of halogens is 1. The molecule has 0 fully saturated rings. The first-order valence-corrected chi connectivity index (χ1v) is 8.69. The summed E-state index contributed by atoms with van der Waals surface area (Å²) in [7, 11) is 0. The molecule has 1 atom stereocenters. The number of nitrogens with one attached hydrogen (secondary N) is 2. The van der Waals surface area contributed by atoms with E-state index in [2.05, 4.69) is 31.5 Å². The van der Waals surface area contributed by atoms with Gasteiger partial charge in [0.15, 0.2) is 0 Å². The fraction of sp³-hybridized carbons (Fsp3) is 0.308. The SMILES string of the molecule is Cc1csc(CNC(=O)C(C)NC(=O)c2ccc(Br)s2)n1. The molecule has 0 saturated carbocycles. The highest BCUT2D eigenvalue weighted by Gasteiger charge is 2.17. The summed E-state index contributed by atoms with van der Waals surface area (Å²) in [4.78, 5) is 28.7. The predicted molar refractivity (Wildman–Crippen MR) is 87.6 cm³/mol. The Bertz CT molecular complexity index is 653. The van der Waals surface area contributed by atoms with Crippen molar-refractivity contribution in [1.82, 2.24) is 15.6 Å². The maximum Gasteiger partial charge on any atom is 0.262 e. The van der Waals surface area contributed by atoms with Gasteiger partial charge in [0.1, 0.15) is 11.0 Å². The molecule has 1 unspecified atom stereocenters. The molecule has 2 rings (SSSR count). The molecule has 2 heterocycles. The minimum absolute atomic E-state index is 0.230. The number of carbonyl (C=O) groups excluding carboxylic acids is 2. The third kappa shape index (κ3) is 4.62. The quantitative estimate of drug-likeness (QED) is 0.828. The normalized spacial score (nSPS) is 12.0. The number of hydrogen-bond donors (Lipinski definition) is 2. The van der Waals surface area contributed by atoms with Gasteiger partial charge in [-0.25, -0.2) is 4.98 Å². The van der Waals surface area contributed by atoms with Gasteiger partial charge < -0.3 is 10.6 Å². The summed E-state index contributed by atoms with van der Waals surface area (Å²) in [6, 6.07) is 2.92.